The van der Waals surface area contributed by atoms with E-state index in [9.17, 15) is 4.79 Å². The molecule has 16 heavy (non-hydrogen) atoms. The first kappa shape index (κ1) is 15.4. The van der Waals surface area contributed by atoms with E-state index in [-0.39, 0.29) is 11.3 Å². The van der Waals surface area contributed by atoms with Crippen molar-refractivity contribution in [3.8, 4) is 0 Å². The molecule has 0 saturated carbocycles. The Morgan fingerprint density at radius 1 is 1.19 bits per heavy atom. The smallest absolute Gasteiger partial charge is 0.233 e. The fourth-order valence-electron chi connectivity index (χ4n) is 1.58. The van der Waals surface area contributed by atoms with Crippen molar-refractivity contribution in [1.29, 1.82) is 0 Å². The summed E-state index contributed by atoms with van der Waals surface area (Å²) in [6.07, 6.45) is 4.98. The first-order chi connectivity index (χ1) is 7.52. The molecule has 0 atom stereocenters. The molecule has 0 aliphatic rings. The third-order valence-electron chi connectivity index (χ3n) is 2.76. The van der Waals surface area contributed by atoms with Gasteiger partial charge in [-0.3, -0.25) is 4.79 Å². The van der Waals surface area contributed by atoms with E-state index in [2.05, 4.69) is 31.4 Å². The van der Waals surface area contributed by atoms with E-state index < -0.39 is 0 Å². The van der Waals surface area contributed by atoms with Crippen LogP contribution in [0.4, 0.5) is 0 Å². The van der Waals surface area contributed by atoms with Crippen molar-refractivity contribution in [3.63, 3.8) is 0 Å². The molecule has 0 spiro atoms. The van der Waals surface area contributed by atoms with Crippen molar-refractivity contribution in [2.75, 3.05) is 19.6 Å². The van der Waals surface area contributed by atoms with E-state index in [0.29, 0.717) is 6.54 Å². The van der Waals surface area contributed by atoms with E-state index in [4.69, 9.17) is 0 Å². The second-order valence-electron chi connectivity index (χ2n) is 5.18. The second-order valence-corrected chi connectivity index (χ2v) is 5.18. The lowest BCUT2D eigenvalue weighted by atomic mass is 9.87. The van der Waals surface area contributed by atoms with Gasteiger partial charge < -0.3 is 10.6 Å². The molecule has 0 saturated heterocycles. The van der Waals surface area contributed by atoms with Gasteiger partial charge in [0.05, 0.1) is 6.54 Å². The molecule has 0 heterocycles. The van der Waals surface area contributed by atoms with Gasteiger partial charge in [0.15, 0.2) is 0 Å². The maximum absolute atomic E-state index is 11.4. The summed E-state index contributed by atoms with van der Waals surface area (Å²) in [7, 11) is 0. The Hall–Kier alpha value is -0.570. The molecule has 2 N–H and O–H groups in total. The molecule has 96 valence electrons. The van der Waals surface area contributed by atoms with Crippen LogP contribution in [0.5, 0.6) is 0 Å². The third-order valence-corrected chi connectivity index (χ3v) is 2.76. The summed E-state index contributed by atoms with van der Waals surface area (Å²) in [6, 6.07) is 0. The van der Waals surface area contributed by atoms with Gasteiger partial charge in [-0.2, -0.15) is 0 Å². The monoisotopic (exact) mass is 228 g/mol. The highest BCUT2D eigenvalue weighted by atomic mass is 16.1. The zero-order valence-electron chi connectivity index (χ0n) is 11.4. The predicted molar refractivity (Wildman–Crippen MR) is 69.5 cm³/mol. The van der Waals surface area contributed by atoms with Gasteiger partial charge in [-0.25, -0.2) is 0 Å². The molecule has 0 radical (unpaired) electrons. The minimum absolute atomic E-state index is 0.102. The number of likely N-dealkylation sites (N-methyl/N-ethyl adjacent to an activating group) is 1. The molecular formula is C13H28N2O. The van der Waals surface area contributed by atoms with E-state index >= 15 is 0 Å². The van der Waals surface area contributed by atoms with Crippen LogP contribution in [0.1, 0.15) is 53.4 Å². The fourth-order valence-corrected chi connectivity index (χ4v) is 1.58. The molecule has 0 aromatic carbocycles. The number of amides is 1. The molecule has 0 fully saturated rings. The average Bonchev–Trinajstić information content (AvgIpc) is 2.24. The van der Waals surface area contributed by atoms with Gasteiger partial charge in [-0.1, -0.05) is 47.0 Å². The van der Waals surface area contributed by atoms with Crippen LogP contribution < -0.4 is 10.6 Å². The number of carbonyl (C=O) groups is 1. The van der Waals surface area contributed by atoms with Crippen LogP contribution in [0, 0.1) is 5.41 Å². The Morgan fingerprint density at radius 2 is 1.88 bits per heavy atom. The van der Waals surface area contributed by atoms with Gasteiger partial charge in [0.2, 0.25) is 5.91 Å². The lowest BCUT2D eigenvalue weighted by molar-refractivity contribution is -0.120. The van der Waals surface area contributed by atoms with Crippen LogP contribution in [-0.2, 0) is 4.79 Å². The minimum atomic E-state index is 0.102. The maximum atomic E-state index is 11.4. The summed E-state index contributed by atoms with van der Waals surface area (Å²) in [4.78, 5) is 11.4. The molecular weight excluding hydrogens is 200 g/mol. The number of hydrogen-bond acceptors (Lipinski definition) is 2. The van der Waals surface area contributed by atoms with Crippen LogP contribution >= 0.6 is 0 Å². The normalized spacial score (nSPS) is 11.5. The molecule has 0 aromatic rings. The Bertz CT molecular complexity index is 190. The average molecular weight is 228 g/mol. The zero-order chi connectivity index (χ0) is 12.4. The topological polar surface area (TPSA) is 41.1 Å². The second kappa shape index (κ2) is 8.57. The molecule has 0 aliphatic carbocycles. The predicted octanol–water partition coefficient (Wildman–Crippen LogP) is 2.32. The van der Waals surface area contributed by atoms with Crippen LogP contribution in [0.25, 0.3) is 0 Å². The third kappa shape index (κ3) is 8.72. The SMILES string of the molecule is CCCCCC(C)(C)CNC(=O)CNCC. The van der Waals surface area contributed by atoms with Crippen molar-refractivity contribution in [2.45, 2.75) is 53.4 Å². The molecule has 0 unspecified atom stereocenters. The molecule has 0 bridgehead atoms. The van der Waals surface area contributed by atoms with E-state index in [0.717, 1.165) is 13.1 Å². The highest BCUT2D eigenvalue weighted by Crippen LogP contribution is 2.22. The van der Waals surface area contributed by atoms with Gasteiger partial charge in [0.1, 0.15) is 0 Å². The lowest BCUT2D eigenvalue weighted by Crippen LogP contribution is -2.39. The lowest BCUT2D eigenvalue weighted by Gasteiger charge is -2.25. The van der Waals surface area contributed by atoms with Crippen molar-refractivity contribution in [1.82, 2.24) is 10.6 Å². The first-order valence-corrected chi connectivity index (χ1v) is 6.49. The number of carbonyl (C=O) groups excluding carboxylic acids is 1. The van der Waals surface area contributed by atoms with E-state index in [1.54, 1.807) is 0 Å². The van der Waals surface area contributed by atoms with Crippen molar-refractivity contribution >= 4 is 5.91 Å². The van der Waals surface area contributed by atoms with Crippen LogP contribution in [0.3, 0.4) is 0 Å². The molecule has 3 nitrogen and oxygen atoms in total. The Labute approximate surface area is 100 Å². The molecule has 1 amide bonds. The summed E-state index contributed by atoms with van der Waals surface area (Å²) in [5.74, 6) is 0.102. The molecule has 3 heteroatoms. The van der Waals surface area contributed by atoms with Gasteiger partial charge in [-0.15, -0.1) is 0 Å². The number of hydrogen-bond donors (Lipinski definition) is 2. The van der Waals surface area contributed by atoms with Crippen LogP contribution in [-0.4, -0.2) is 25.5 Å². The van der Waals surface area contributed by atoms with E-state index in [1.807, 2.05) is 6.92 Å². The van der Waals surface area contributed by atoms with Crippen molar-refractivity contribution < 1.29 is 4.79 Å². The van der Waals surface area contributed by atoms with Crippen molar-refractivity contribution in [3.05, 3.63) is 0 Å². The standard InChI is InChI=1S/C13H28N2O/c1-5-7-8-9-13(3,4)11-15-12(16)10-14-6-2/h14H,5-11H2,1-4H3,(H,15,16). The van der Waals surface area contributed by atoms with Gasteiger partial charge in [-0.05, 0) is 18.4 Å². The van der Waals surface area contributed by atoms with Crippen molar-refractivity contribution in [2.24, 2.45) is 5.41 Å². The van der Waals surface area contributed by atoms with Gasteiger partial charge in [0, 0.05) is 6.54 Å². The Kier molecular flexibility index (Phi) is 8.26. The Morgan fingerprint density at radius 3 is 2.44 bits per heavy atom. The van der Waals surface area contributed by atoms with E-state index in [1.165, 1.54) is 25.7 Å². The Balaban J connectivity index is 3.67. The summed E-state index contributed by atoms with van der Waals surface area (Å²) in [6.45, 7) is 10.7. The van der Waals surface area contributed by atoms with Crippen LogP contribution in [0.2, 0.25) is 0 Å². The summed E-state index contributed by atoms with van der Waals surface area (Å²) >= 11 is 0. The maximum Gasteiger partial charge on any atom is 0.233 e. The quantitative estimate of drug-likeness (QED) is 0.595. The summed E-state index contributed by atoms with van der Waals surface area (Å²) < 4.78 is 0. The molecule has 0 aliphatic heterocycles. The van der Waals surface area contributed by atoms with Gasteiger partial charge in [0.25, 0.3) is 0 Å². The first-order valence-electron chi connectivity index (χ1n) is 6.49. The van der Waals surface area contributed by atoms with Gasteiger partial charge >= 0.3 is 0 Å². The van der Waals surface area contributed by atoms with Crippen LogP contribution in [0.15, 0.2) is 0 Å². The zero-order valence-corrected chi connectivity index (χ0v) is 11.4. The summed E-state index contributed by atoms with van der Waals surface area (Å²) in [5, 5.41) is 6.01. The summed E-state index contributed by atoms with van der Waals surface area (Å²) in [5.41, 5.74) is 0.219. The number of rotatable bonds is 9. The largest absolute Gasteiger partial charge is 0.354 e. The number of nitrogens with one attached hydrogen (secondary N) is 2. The number of unbranched alkanes of at least 4 members (excludes halogenated alkanes) is 2. The highest BCUT2D eigenvalue weighted by molar-refractivity contribution is 5.77. The molecule has 0 rings (SSSR count). The minimum Gasteiger partial charge on any atom is -0.354 e. The molecule has 0 aromatic heterocycles. The highest BCUT2D eigenvalue weighted by Gasteiger charge is 2.17. The fraction of sp³-hybridized carbons (Fsp3) is 0.923.